The summed E-state index contributed by atoms with van der Waals surface area (Å²) in [6.07, 6.45) is -0.0447. The van der Waals surface area contributed by atoms with Gasteiger partial charge in [0.1, 0.15) is 24.4 Å². The number of alkyl halides is 1. The molecule has 0 aromatic heterocycles. The summed E-state index contributed by atoms with van der Waals surface area (Å²) in [5.41, 5.74) is 2.12. The van der Waals surface area contributed by atoms with Crippen molar-refractivity contribution in [1.29, 1.82) is 0 Å². The maximum atomic E-state index is 14.9. The van der Waals surface area contributed by atoms with Crippen molar-refractivity contribution >= 4 is 0 Å². The maximum Gasteiger partial charge on any atom is 0.228 e. The summed E-state index contributed by atoms with van der Waals surface area (Å²) in [5, 5.41) is 0. The van der Waals surface area contributed by atoms with Crippen LogP contribution in [0, 0.1) is 0 Å². The Balaban J connectivity index is 1.81. The first kappa shape index (κ1) is 21.7. The van der Waals surface area contributed by atoms with E-state index in [4.69, 9.17) is 23.7 Å². The van der Waals surface area contributed by atoms with Crippen molar-refractivity contribution < 1.29 is 28.1 Å². The quantitative estimate of drug-likeness (QED) is 0.617. The Bertz CT molecular complexity index is 584. The average molecular weight is 396 g/mol. The lowest BCUT2D eigenvalue weighted by molar-refractivity contribution is -0.296. The molecule has 1 aromatic carbocycles. The highest BCUT2D eigenvalue weighted by Crippen LogP contribution is 2.31. The molecule has 1 fully saturated rings. The third-order valence-electron chi connectivity index (χ3n) is 5.28. The van der Waals surface area contributed by atoms with Gasteiger partial charge in [0.05, 0.1) is 19.8 Å². The highest BCUT2D eigenvalue weighted by Gasteiger charge is 2.48. The smallest absolute Gasteiger partial charge is 0.228 e. The van der Waals surface area contributed by atoms with E-state index < -0.39 is 30.8 Å². The van der Waals surface area contributed by atoms with Crippen molar-refractivity contribution in [3.63, 3.8) is 0 Å². The van der Waals surface area contributed by atoms with Crippen LogP contribution in [0.2, 0.25) is 0 Å². The number of hydrogen-bond donors (Lipinski definition) is 0. The summed E-state index contributed by atoms with van der Waals surface area (Å²) in [6, 6.07) is 8.00. The number of fused-ring (bicyclic) bond motifs is 3. The first-order valence-corrected chi connectivity index (χ1v) is 10.5. The number of hydrogen-bond acceptors (Lipinski definition) is 5. The number of benzene rings is 1. The van der Waals surface area contributed by atoms with Crippen LogP contribution >= 0.6 is 0 Å². The molecule has 5 nitrogen and oxygen atoms in total. The molecular formula is C22H33FO5. The lowest BCUT2D eigenvalue weighted by Crippen LogP contribution is -2.60. The number of ether oxygens (including phenoxy) is 5. The average Bonchev–Trinajstić information content (AvgIpc) is 2.70. The summed E-state index contributed by atoms with van der Waals surface area (Å²) < 4.78 is 44.6. The van der Waals surface area contributed by atoms with E-state index in [1.165, 1.54) is 0 Å². The molecule has 0 amide bonds. The van der Waals surface area contributed by atoms with Gasteiger partial charge in [-0.05, 0) is 24.0 Å². The summed E-state index contributed by atoms with van der Waals surface area (Å²) in [4.78, 5) is 0. The van der Waals surface area contributed by atoms with Crippen LogP contribution in [0.4, 0.5) is 4.39 Å². The lowest BCUT2D eigenvalue weighted by Gasteiger charge is -2.44. The Labute approximate surface area is 167 Å². The van der Waals surface area contributed by atoms with E-state index in [0.29, 0.717) is 26.4 Å². The highest BCUT2D eigenvalue weighted by molar-refractivity contribution is 5.26. The maximum absolute atomic E-state index is 14.9. The van der Waals surface area contributed by atoms with E-state index in [-0.39, 0.29) is 6.61 Å². The van der Waals surface area contributed by atoms with E-state index in [9.17, 15) is 4.39 Å². The molecule has 3 unspecified atom stereocenters. The molecule has 158 valence electrons. The zero-order chi connectivity index (χ0) is 19.8. The SMILES string of the molecule is CCCCO[C@@H]1C(F)OC2COCc3ccccc3COC1[C@@H]2OCCCC. The van der Waals surface area contributed by atoms with Crippen LogP contribution in [0.5, 0.6) is 0 Å². The fourth-order valence-electron chi connectivity index (χ4n) is 3.60. The summed E-state index contributed by atoms with van der Waals surface area (Å²) >= 11 is 0. The molecular weight excluding hydrogens is 363 g/mol. The molecule has 2 bridgehead atoms. The van der Waals surface area contributed by atoms with E-state index in [1.54, 1.807) is 0 Å². The summed E-state index contributed by atoms with van der Waals surface area (Å²) in [5.74, 6) is 0. The first-order chi connectivity index (χ1) is 13.7. The molecule has 1 saturated heterocycles. The van der Waals surface area contributed by atoms with Crippen molar-refractivity contribution in [3.8, 4) is 0 Å². The molecule has 1 aromatic rings. The monoisotopic (exact) mass is 396 g/mol. The van der Waals surface area contributed by atoms with Crippen LogP contribution < -0.4 is 0 Å². The lowest BCUT2D eigenvalue weighted by atomic mass is 9.98. The van der Waals surface area contributed by atoms with Crippen LogP contribution in [0.3, 0.4) is 0 Å². The Morgan fingerprint density at radius 3 is 2.29 bits per heavy atom. The molecule has 0 aliphatic carbocycles. The molecule has 0 saturated carbocycles. The van der Waals surface area contributed by atoms with Crippen LogP contribution in [0.25, 0.3) is 0 Å². The standard InChI is InChI=1S/C22H33FO5/c1-3-5-11-25-19-18-15-24-13-16-9-7-8-10-17(16)14-27-20(19)21(22(23)28-18)26-12-6-4-2/h7-10,18-22H,3-6,11-15H2,1-2H3/t18?,19-,20?,21+,22?/m1/s1. The van der Waals surface area contributed by atoms with Gasteiger partial charge in [0.2, 0.25) is 6.36 Å². The second-order valence-electron chi connectivity index (χ2n) is 7.46. The first-order valence-electron chi connectivity index (χ1n) is 10.5. The van der Waals surface area contributed by atoms with E-state index in [0.717, 1.165) is 36.8 Å². The molecule has 2 aliphatic heterocycles. The van der Waals surface area contributed by atoms with Crippen LogP contribution in [0.1, 0.15) is 50.7 Å². The van der Waals surface area contributed by atoms with Gasteiger partial charge in [0, 0.05) is 13.2 Å². The molecule has 2 heterocycles. The van der Waals surface area contributed by atoms with Gasteiger partial charge in [-0.1, -0.05) is 51.0 Å². The molecule has 3 rings (SSSR count). The molecule has 28 heavy (non-hydrogen) atoms. The predicted octanol–water partition coefficient (Wildman–Crippen LogP) is 4.17. The third-order valence-corrected chi connectivity index (χ3v) is 5.28. The van der Waals surface area contributed by atoms with Gasteiger partial charge in [0.15, 0.2) is 0 Å². The molecule has 0 spiro atoms. The molecule has 2 aliphatic rings. The van der Waals surface area contributed by atoms with E-state index in [1.807, 2.05) is 24.3 Å². The Morgan fingerprint density at radius 2 is 1.61 bits per heavy atom. The minimum atomic E-state index is -1.56. The second-order valence-corrected chi connectivity index (χ2v) is 7.46. The molecule has 6 heteroatoms. The molecule has 5 atom stereocenters. The Hall–Kier alpha value is -1.05. The van der Waals surface area contributed by atoms with Gasteiger partial charge in [-0.15, -0.1) is 0 Å². The predicted molar refractivity (Wildman–Crippen MR) is 104 cm³/mol. The van der Waals surface area contributed by atoms with Gasteiger partial charge >= 0.3 is 0 Å². The van der Waals surface area contributed by atoms with Crippen molar-refractivity contribution in [2.75, 3.05) is 19.8 Å². The van der Waals surface area contributed by atoms with Gasteiger partial charge < -0.3 is 23.7 Å². The van der Waals surface area contributed by atoms with Crippen LogP contribution in [0.15, 0.2) is 24.3 Å². The van der Waals surface area contributed by atoms with Gasteiger partial charge in [-0.3, -0.25) is 0 Å². The van der Waals surface area contributed by atoms with Gasteiger partial charge in [-0.25, -0.2) is 4.39 Å². The van der Waals surface area contributed by atoms with Crippen molar-refractivity contribution in [2.45, 2.75) is 83.5 Å². The topological polar surface area (TPSA) is 46.2 Å². The highest BCUT2D eigenvalue weighted by atomic mass is 19.1. The van der Waals surface area contributed by atoms with Crippen molar-refractivity contribution in [3.05, 3.63) is 35.4 Å². The third kappa shape index (κ3) is 5.51. The van der Waals surface area contributed by atoms with Crippen molar-refractivity contribution in [2.24, 2.45) is 0 Å². The Kier molecular flexibility index (Phi) is 8.67. The van der Waals surface area contributed by atoms with E-state index >= 15 is 0 Å². The minimum absolute atomic E-state index is 0.257. The Morgan fingerprint density at radius 1 is 0.964 bits per heavy atom. The summed E-state index contributed by atoms with van der Waals surface area (Å²) in [7, 11) is 0. The number of halogens is 1. The zero-order valence-corrected chi connectivity index (χ0v) is 17.0. The van der Waals surface area contributed by atoms with Crippen molar-refractivity contribution in [1.82, 2.24) is 0 Å². The number of unbranched alkanes of at least 4 members (excludes halogenated alkanes) is 2. The summed E-state index contributed by atoms with van der Waals surface area (Å²) in [6.45, 7) is 6.31. The fourth-order valence-corrected chi connectivity index (χ4v) is 3.60. The van der Waals surface area contributed by atoms with Gasteiger partial charge in [0.25, 0.3) is 0 Å². The van der Waals surface area contributed by atoms with E-state index in [2.05, 4.69) is 13.8 Å². The molecule has 0 radical (unpaired) electrons. The molecule has 0 N–H and O–H groups in total. The van der Waals surface area contributed by atoms with Crippen LogP contribution in [-0.2, 0) is 36.9 Å². The number of rotatable bonds is 8. The minimum Gasteiger partial charge on any atom is -0.374 e. The van der Waals surface area contributed by atoms with Crippen LogP contribution in [-0.4, -0.2) is 50.6 Å². The van der Waals surface area contributed by atoms with Gasteiger partial charge in [-0.2, -0.15) is 0 Å². The normalized spacial score (nSPS) is 30.6. The zero-order valence-electron chi connectivity index (χ0n) is 17.0. The fraction of sp³-hybridized carbons (Fsp3) is 0.727. The largest absolute Gasteiger partial charge is 0.374 e. The second kappa shape index (κ2) is 11.2.